The number of ether oxygens (including phenoxy) is 2. The summed E-state index contributed by atoms with van der Waals surface area (Å²) in [6.07, 6.45) is -0.470. The molecule has 8 nitrogen and oxygen atoms in total. The topological polar surface area (TPSA) is 105 Å². The minimum absolute atomic E-state index is 0.0176. The number of fused-ring (bicyclic) bond motifs is 3. The summed E-state index contributed by atoms with van der Waals surface area (Å²) >= 11 is 0. The standard InChI is InChI=1S/C26H30N2O6/c1-26(2,24(30)31)28(3)23(29)16-12-17(33-14-16)13-27-25(32)34-15-22-20-10-6-4-8-18(20)19-9-5-7-11-21(19)22/h4-11,16-17,22H,12-15H2,1-3H3,(H,27,32)(H,30,31). The minimum atomic E-state index is -1.31. The lowest BCUT2D eigenvalue weighted by Crippen LogP contribution is -2.52. The highest BCUT2D eigenvalue weighted by Crippen LogP contribution is 2.44. The fourth-order valence-electron chi connectivity index (χ4n) is 4.56. The van der Waals surface area contributed by atoms with Gasteiger partial charge in [-0.1, -0.05) is 48.5 Å². The summed E-state index contributed by atoms with van der Waals surface area (Å²) in [6.45, 7) is 3.60. The number of alkyl carbamates (subject to hydrolysis) is 1. The van der Waals surface area contributed by atoms with Gasteiger partial charge in [-0.2, -0.15) is 0 Å². The van der Waals surface area contributed by atoms with E-state index in [-0.39, 0.29) is 37.7 Å². The second-order valence-electron chi connectivity index (χ2n) is 9.36. The van der Waals surface area contributed by atoms with Crippen molar-refractivity contribution in [2.75, 3.05) is 26.8 Å². The Hall–Kier alpha value is -3.39. The number of nitrogens with one attached hydrogen (secondary N) is 1. The third kappa shape index (κ3) is 4.50. The van der Waals surface area contributed by atoms with Crippen molar-refractivity contribution in [3.8, 4) is 11.1 Å². The van der Waals surface area contributed by atoms with Crippen molar-refractivity contribution >= 4 is 18.0 Å². The number of likely N-dealkylation sites (N-methyl/N-ethyl adjacent to an activating group) is 1. The van der Waals surface area contributed by atoms with E-state index in [4.69, 9.17) is 9.47 Å². The van der Waals surface area contributed by atoms with Gasteiger partial charge in [0.1, 0.15) is 12.1 Å². The fourth-order valence-corrected chi connectivity index (χ4v) is 4.56. The smallest absolute Gasteiger partial charge is 0.407 e. The maximum Gasteiger partial charge on any atom is 0.407 e. The molecule has 2 aliphatic rings. The Morgan fingerprint density at radius 1 is 1.09 bits per heavy atom. The average Bonchev–Trinajstić information content (AvgIpc) is 3.43. The molecular weight excluding hydrogens is 436 g/mol. The van der Waals surface area contributed by atoms with E-state index in [0.29, 0.717) is 6.42 Å². The van der Waals surface area contributed by atoms with Gasteiger partial charge in [0.15, 0.2) is 0 Å². The van der Waals surface area contributed by atoms with Gasteiger partial charge < -0.3 is 24.8 Å². The SMILES string of the molecule is CN(C(=O)C1COC(CNC(=O)OCC2c3ccccc3-c3ccccc32)C1)C(C)(C)C(=O)O. The third-order valence-corrected chi connectivity index (χ3v) is 6.94. The number of nitrogens with zero attached hydrogens (tertiary/aromatic N) is 1. The number of hydrogen-bond donors (Lipinski definition) is 2. The molecule has 2 aromatic rings. The average molecular weight is 467 g/mol. The van der Waals surface area contributed by atoms with E-state index >= 15 is 0 Å². The quantitative estimate of drug-likeness (QED) is 0.649. The van der Waals surface area contributed by atoms with Crippen LogP contribution in [0, 0.1) is 5.92 Å². The summed E-state index contributed by atoms with van der Waals surface area (Å²) in [5.74, 6) is -1.82. The minimum Gasteiger partial charge on any atom is -0.480 e. The molecule has 1 fully saturated rings. The first-order valence-electron chi connectivity index (χ1n) is 11.4. The van der Waals surface area contributed by atoms with Gasteiger partial charge in [0.05, 0.1) is 18.6 Å². The van der Waals surface area contributed by atoms with Gasteiger partial charge in [0.2, 0.25) is 5.91 Å². The van der Waals surface area contributed by atoms with E-state index in [1.165, 1.54) is 36.9 Å². The van der Waals surface area contributed by atoms with Crippen molar-refractivity contribution in [3.05, 3.63) is 59.7 Å². The number of carbonyl (C=O) groups is 3. The lowest BCUT2D eigenvalue weighted by molar-refractivity contribution is -0.157. The van der Waals surface area contributed by atoms with Crippen LogP contribution in [-0.2, 0) is 19.1 Å². The Labute approximate surface area is 198 Å². The number of amides is 2. The molecule has 0 aromatic heterocycles. The molecule has 1 aliphatic heterocycles. The van der Waals surface area contributed by atoms with Crippen LogP contribution in [0.1, 0.15) is 37.3 Å². The number of carboxylic acids is 1. The Morgan fingerprint density at radius 3 is 2.26 bits per heavy atom. The van der Waals surface area contributed by atoms with Gasteiger partial charge in [-0.3, -0.25) is 4.79 Å². The Bertz CT molecular complexity index is 1050. The van der Waals surface area contributed by atoms with Crippen molar-refractivity contribution in [2.45, 2.75) is 37.8 Å². The third-order valence-electron chi connectivity index (χ3n) is 6.94. The maximum absolute atomic E-state index is 12.7. The van der Waals surface area contributed by atoms with Crippen LogP contribution in [0.3, 0.4) is 0 Å². The van der Waals surface area contributed by atoms with E-state index in [1.54, 1.807) is 0 Å². The number of hydrogen-bond acceptors (Lipinski definition) is 5. The van der Waals surface area contributed by atoms with Crippen LogP contribution in [-0.4, -0.2) is 66.4 Å². The molecular formula is C26H30N2O6. The van der Waals surface area contributed by atoms with E-state index in [2.05, 4.69) is 29.6 Å². The molecule has 0 spiro atoms. The van der Waals surface area contributed by atoms with Gasteiger partial charge in [0, 0.05) is 19.5 Å². The molecule has 180 valence electrons. The first-order chi connectivity index (χ1) is 16.2. The molecule has 0 saturated carbocycles. The van der Waals surface area contributed by atoms with Crippen molar-refractivity contribution in [2.24, 2.45) is 5.92 Å². The van der Waals surface area contributed by atoms with Crippen molar-refractivity contribution < 1.29 is 29.0 Å². The van der Waals surface area contributed by atoms with Gasteiger partial charge in [-0.05, 0) is 42.5 Å². The molecule has 1 saturated heterocycles. The number of carboxylic acid groups (broad SMARTS) is 1. The van der Waals surface area contributed by atoms with Crippen LogP contribution >= 0.6 is 0 Å². The molecule has 2 atom stereocenters. The summed E-state index contributed by atoms with van der Waals surface area (Å²) in [4.78, 5) is 37.8. The number of aliphatic carboxylic acids is 1. The second kappa shape index (κ2) is 9.46. The van der Waals surface area contributed by atoms with Crippen LogP contribution < -0.4 is 5.32 Å². The molecule has 8 heteroatoms. The summed E-state index contributed by atoms with van der Waals surface area (Å²) in [7, 11) is 1.48. The summed E-state index contributed by atoms with van der Waals surface area (Å²) < 4.78 is 11.2. The lowest BCUT2D eigenvalue weighted by Gasteiger charge is -2.33. The van der Waals surface area contributed by atoms with Crippen LogP contribution in [0.2, 0.25) is 0 Å². The van der Waals surface area contributed by atoms with Gasteiger partial charge in [-0.15, -0.1) is 0 Å². The molecule has 34 heavy (non-hydrogen) atoms. The van der Waals surface area contributed by atoms with Gasteiger partial charge in [-0.25, -0.2) is 9.59 Å². The zero-order valence-electron chi connectivity index (χ0n) is 19.6. The van der Waals surface area contributed by atoms with Crippen LogP contribution in [0.4, 0.5) is 4.79 Å². The Kier molecular flexibility index (Phi) is 6.61. The number of carbonyl (C=O) groups excluding carboxylic acids is 2. The number of rotatable bonds is 7. The Balaban J connectivity index is 1.27. The molecule has 2 aromatic carbocycles. The molecule has 1 heterocycles. The van der Waals surface area contributed by atoms with E-state index in [1.807, 2.05) is 24.3 Å². The first kappa shape index (κ1) is 23.8. The normalized spacial score (nSPS) is 19.3. The first-order valence-corrected chi connectivity index (χ1v) is 11.4. The van der Waals surface area contributed by atoms with Crippen molar-refractivity contribution in [1.29, 1.82) is 0 Å². The summed E-state index contributed by atoms with van der Waals surface area (Å²) in [5, 5.41) is 12.1. The molecule has 4 rings (SSSR count). The van der Waals surface area contributed by atoms with Crippen LogP contribution in [0.25, 0.3) is 11.1 Å². The summed E-state index contributed by atoms with van der Waals surface area (Å²) in [6, 6.07) is 16.3. The highest BCUT2D eigenvalue weighted by atomic mass is 16.5. The highest BCUT2D eigenvalue weighted by Gasteiger charge is 2.40. The van der Waals surface area contributed by atoms with Crippen molar-refractivity contribution in [1.82, 2.24) is 10.2 Å². The highest BCUT2D eigenvalue weighted by molar-refractivity contribution is 5.87. The van der Waals surface area contributed by atoms with Crippen LogP contribution in [0.5, 0.6) is 0 Å². The molecule has 1 aliphatic carbocycles. The fraction of sp³-hybridized carbons (Fsp3) is 0.423. The van der Waals surface area contributed by atoms with E-state index < -0.39 is 23.5 Å². The predicted molar refractivity (Wildman–Crippen MR) is 125 cm³/mol. The van der Waals surface area contributed by atoms with Crippen molar-refractivity contribution in [3.63, 3.8) is 0 Å². The monoisotopic (exact) mass is 466 g/mol. The zero-order chi connectivity index (χ0) is 24.5. The lowest BCUT2D eigenvalue weighted by atomic mass is 9.98. The largest absolute Gasteiger partial charge is 0.480 e. The zero-order valence-corrected chi connectivity index (χ0v) is 19.6. The van der Waals surface area contributed by atoms with Gasteiger partial charge in [0.25, 0.3) is 0 Å². The predicted octanol–water partition coefficient (Wildman–Crippen LogP) is 3.25. The molecule has 2 N–H and O–H groups in total. The van der Waals surface area contributed by atoms with E-state index in [0.717, 1.165) is 11.1 Å². The molecule has 0 bridgehead atoms. The summed E-state index contributed by atoms with van der Waals surface area (Å²) in [5.41, 5.74) is 3.31. The second-order valence-corrected chi connectivity index (χ2v) is 9.36. The van der Waals surface area contributed by atoms with Crippen LogP contribution in [0.15, 0.2) is 48.5 Å². The molecule has 2 unspecified atom stereocenters. The molecule has 2 amide bonds. The van der Waals surface area contributed by atoms with Gasteiger partial charge >= 0.3 is 12.1 Å². The maximum atomic E-state index is 12.7. The molecule has 0 radical (unpaired) electrons. The number of benzene rings is 2. The Morgan fingerprint density at radius 2 is 1.68 bits per heavy atom. The van der Waals surface area contributed by atoms with E-state index in [9.17, 15) is 19.5 Å².